The van der Waals surface area contributed by atoms with Crippen molar-refractivity contribution in [1.29, 1.82) is 0 Å². The maximum Gasteiger partial charge on any atom is 0.407 e. The SMILES string of the molecule is O=C(C[C@H](NC(=O)OCC1c2ccccc2-c2ccccc21)C(=O)NCCc1ccc(O)c(O)c1)NC(c1ccccc1)(c1ccccc1)c1ccccc1. The van der Waals surface area contributed by atoms with E-state index in [2.05, 4.69) is 16.0 Å². The van der Waals surface area contributed by atoms with Crippen LogP contribution in [0.5, 0.6) is 11.5 Å². The van der Waals surface area contributed by atoms with Gasteiger partial charge in [0, 0.05) is 12.5 Å². The highest BCUT2D eigenvalue weighted by Gasteiger charge is 2.39. The van der Waals surface area contributed by atoms with Crippen LogP contribution >= 0.6 is 0 Å². The van der Waals surface area contributed by atoms with Crippen LogP contribution in [0.2, 0.25) is 0 Å². The number of aromatic hydroxyl groups is 2. The van der Waals surface area contributed by atoms with E-state index in [-0.39, 0.29) is 30.6 Å². The van der Waals surface area contributed by atoms with Crippen molar-refractivity contribution in [2.24, 2.45) is 0 Å². The number of carbonyl (C=O) groups is 3. The molecule has 0 aromatic heterocycles. The minimum Gasteiger partial charge on any atom is -0.504 e. The number of fused-ring (bicyclic) bond motifs is 3. The minimum atomic E-state index is -1.30. The Balaban J connectivity index is 1.13. The summed E-state index contributed by atoms with van der Waals surface area (Å²) >= 11 is 0. The fourth-order valence-electron chi connectivity index (χ4n) is 7.40. The van der Waals surface area contributed by atoms with Gasteiger partial charge in [-0.25, -0.2) is 4.79 Å². The number of amides is 3. The molecular weight excluding hydrogens is 691 g/mol. The summed E-state index contributed by atoms with van der Waals surface area (Å²) < 4.78 is 5.80. The van der Waals surface area contributed by atoms with Gasteiger partial charge in [0.2, 0.25) is 11.8 Å². The van der Waals surface area contributed by atoms with E-state index in [1.165, 1.54) is 12.1 Å². The van der Waals surface area contributed by atoms with Crippen LogP contribution < -0.4 is 16.0 Å². The first-order valence-corrected chi connectivity index (χ1v) is 18.2. The average Bonchev–Trinajstić information content (AvgIpc) is 3.54. The Hall–Kier alpha value is -6.87. The van der Waals surface area contributed by atoms with Crippen molar-refractivity contribution in [3.63, 3.8) is 0 Å². The van der Waals surface area contributed by atoms with Crippen molar-refractivity contribution in [3.05, 3.63) is 191 Å². The molecule has 0 saturated carbocycles. The maximum absolute atomic E-state index is 14.3. The van der Waals surface area contributed by atoms with Gasteiger partial charge in [-0.15, -0.1) is 0 Å². The van der Waals surface area contributed by atoms with Crippen molar-refractivity contribution in [2.45, 2.75) is 30.3 Å². The Bertz CT molecular complexity index is 2140. The molecule has 55 heavy (non-hydrogen) atoms. The van der Waals surface area contributed by atoms with Crippen LogP contribution in [0.15, 0.2) is 158 Å². The molecule has 6 aromatic carbocycles. The van der Waals surface area contributed by atoms with Gasteiger partial charge in [-0.3, -0.25) is 9.59 Å². The van der Waals surface area contributed by atoms with Gasteiger partial charge in [0.1, 0.15) is 18.2 Å². The van der Waals surface area contributed by atoms with Crippen molar-refractivity contribution >= 4 is 17.9 Å². The number of rotatable bonds is 13. The molecule has 276 valence electrons. The monoisotopic (exact) mass is 731 g/mol. The summed E-state index contributed by atoms with van der Waals surface area (Å²) in [6.45, 7) is 0.166. The highest BCUT2D eigenvalue weighted by Crippen LogP contribution is 2.44. The second-order valence-corrected chi connectivity index (χ2v) is 13.5. The highest BCUT2D eigenvalue weighted by molar-refractivity contribution is 5.91. The van der Waals surface area contributed by atoms with Gasteiger partial charge < -0.3 is 30.9 Å². The van der Waals surface area contributed by atoms with Crippen molar-refractivity contribution in [2.75, 3.05) is 13.2 Å². The molecule has 0 radical (unpaired) electrons. The molecule has 3 amide bonds. The molecule has 0 fully saturated rings. The number of benzene rings is 6. The van der Waals surface area contributed by atoms with Gasteiger partial charge in [-0.1, -0.05) is 146 Å². The van der Waals surface area contributed by atoms with Crippen LogP contribution in [0.1, 0.15) is 45.7 Å². The first-order valence-electron chi connectivity index (χ1n) is 18.2. The Morgan fingerprint density at radius 2 is 1.15 bits per heavy atom. The molecule has 1 aliphatic rings. The number of ether oxygens (including phenoxy) is 1. The van der Waals surface area contributed by atoms with E-state index in [1.54, 1.807) is 6.07 Å². The maximum atomic E-state index is 14.3. The molecule has 0 spiro atoms. The standard InChI is InChI=1S/C46H41N3O6/c50-41-25-24-31(28-42(41)51)26-27-47-44(53)40(48-45(54)55-30-39-37-22-12-10-20-35(37)36-21-11-13-23-38(36)39)29-43(52)49-46(32-14-4-1-5-15-32,33-16-6-2-7-17-33)34-18-8-3-9-19-34/h1-25,28,39-40,50-51H,26-27,29-30H2,(H,47,53)(H,48,54)(H,49,52)/t40-/m0/s1. The zero-order valence-corrected chi connectivity index (χ0v) is 30.0. The number of phenolic OH excluding ortho intramolecular Hbond substituents is 2. The fraction of sp³-hybridized carbons (Fsp3) is 0.152. The van der Waals surface area contributed by atoms with Crippen LogP contribution in [-0.4, -0.2) is 47.3 Å². The second-order valence-electron chi connectivity index (χ2n) is 13.5. The van der Waals surface area contributed by atoms with Crippen LogP contribution in [-0.2, 0) is 26.3 Å². The fourth-order valence-corrected chi connectivity index (χ4v) is 7.40. The summed E-state index contributed by atoms with van der Waals surface area (Å²) in [5.41, 5.74) is 6.23. The van der Waals surface area contributed by atoms with Gasteiger partial charge in [0.25, 0.3) is 0 Å². The van der Waals surface area contributed by atoms with Gasteiger partial charge in [0.05, 0.1) is 6.42 Å². The van der Waals surface area contributed by atoms with Crippen LogP contribution in [0, 0.1) is 0 Å². The van der Waals surface area contributed by atoms with Crippen molar-refractivity contribution in [1.82, 2.24) is 16.0 Å². The van der Waals surface area contributed by atoms with Crippen molar-refractivity contribution in [3.8, 4) is 22.6 Å². The van der Waals surface area contributed by atoms with E-state index >= 15 is 0 Å². The topological polar surface area (TPSA) is 137 Å². The van der Waals surface area contributed by atoms with Crippen LogP contribution in [0.3, 0.4) is 0 Å². The summed E-state index contributed by atoms with van der Waals surface area (Å²) in [5.74, 6) is -1.79. The van der Waals surface area contributed by atoms with E-state index in [0.29, 0.717) is 12.0 Å². The van der Waals surface area contributed by atoms with Gasteiger partial charge in [-0.05, 0) is 63.1 Å². The summed E-state index contributed by atoms with van der Waals surface area (Å²) in [7, 11) is 0. The zero-order chi connectivity index (χ0) is 38.2. The van der Waals surface area contributed by atoms with E-state index < -0.39 is 35.9 Å². The molecule has 0 bridgehead atoms. The first kappa shape index (κ1) is 36.5. The molecule has 1 aliphatic carbocycles. The number of alkyl carbamates (subject to hydrolysis) is 1. The number of carbonyl (C=O) groups excluding carboxylic acids is 3. The smallest absolute Gasteiger partial charge is 0.407 e. The molecular formula is C46H41N3O6. The number of phenols is 2. The Kier molecular flexibility index (Phi) is 10.9. The minimum absolute atomic E-state index is 0.0316. The van der Waals surface area contributed by atoms with E-state index in [4.69, 9.17) is 4.74 Å². The van der Waals surface area contributed by atoms with E-state index in [1.807, 2.05) is 140 Å². The predicted octanol–water partition coefficient (Wildman–Crippen LogP) is 7.16. The van der Waals surface area contributed by atoms with Crippen LogP contribution in [0.25, 0.3) is 11.1 Å². The lowest BCUT2D eigenvalue weighted by molar-refractivity contribution is -0.128. The Morgan fingerprint density at radius 3 is 1.67 bits per heavy atom. The third-order valence-electron chi connectivity index (χ3n) is 10.0. The van der Waals surface area contributed by atoms with E-state index in [0.717, 1.165) is 38.9 Å². The highest BCUT2D eigenvalue weighted by atomic mass is 16.5. The van der Waals surface area contributed by atoms with Gasteiger partial charge in [-0.2, -0.15) is 0 Å². The number of nitrogens with one attached hydrogen (secondary N) is 3. The van der Waals surface area contributed by atoms with Gasteiger partial charge >= 0.3 is 6.09 Å². The quantitative estimate of drug-likeness (QED) is 0.0632. The third-order valence-corrected chi connectivity index (χ3v) is 10.0. The average molecular weight is 732 g/mol. The molecule has 9 nitrogen and oxygen atoms in total. The van der Waals surface area contributed by atoms with Crippen LogP contribution in [0.4, 0.5) is 4.79 Å². The molecule has 9 heteroatoms. The molecule has 0 heterocycles. The number of hydrogen-bond donors (Lipinski definition) is 5. The molecule has 7 rings (SSSR count). The largest absolute Gasteiger partial charge is 0.504 e. The summed E-state index contributed by atoms with van der Waals surface area (Å²) in [4.78, 5) is 41.7. The lowest BCUT2D eigenvalue weighted by Crippen LogP contribution is -2.53. The first-order chi connectivity index (χ1) is 26.8. The summed E-state index contributed by atoms with van der Waals surface area (Å²) in [5, 5.41) is 28.4. The normalized spacial score (nSPS) is 12.5. The molecule has 5 N–H and O–H groups in total. The molecule has 6 aromatic rings. The Labute approximate surface area is 319 Å². The molecule has 0 saturated heterocycles. The summed E-state index contributed by atoms with van der Waals surface area (Å²) in [6.07, 6.45) is -0.911. The molecule has 0 unspecified atom stereocenters. The van der Waals surface area contributed by atoms with Crippen molar-refractivity contribution < 1.29 is 29.3 Å². The molecule has 1 atom stereocenters. The predicted molar refractivity (Wildman–Crippen MR) is 210 cm³/mol. The van der Waals surface area contributed by atoms with E-state index in [9.17, 15) is 24.6 Å². The lowest BCUT2D eigenvalue weighted by atomic mass is 9.77. The molecule has 0 aliphatic heterocycles. The van der Waals surface area contributed by atoms with Gasteiger partial charge in [0.15, 0.2) is 11.5 Å². The zero-order valence-electron chi connectivity index (χ0n) is 30.0. The third kappa shape index (κ3) is 7.91. The lowest BCUT2D eigenvalue weighted by Gasteiger charge is -2.37. The Morgan fingerprint density at radius 1 is 0.636 bits per heavy atom. The summed E-state index contributed by atoms with van der Waals surface area (Å²) in [6, 6.07) is 48.0. The number of hydrogen-bond acceptors (Lipinski definition) is 6. The second kappa shape index (κ2) is 16.4.